The predicted octanol–water partition coefficient (Wildman–Crippen LogP) is 2.41. The number of nitrogens with one attached hydrogen (secondary N) is 1. The zero-order chi connectivity index (χ0) is 10.6. The lowest BCUT2D eigenvalue weighted by Gasteiger charge is -2.14. The van der Waals surface area contributed by atoms with Crippen LogP contribution in [0.25, 0.3) is 0 Å². The molecule has 0 aliphatic carbocycles. The van der Waals surface area contributed by atoms with Crippen LogP contribution < -0.4 is 5.32 Å². The molecule has 0 aromatic heterocycles. The molecule has 0 radical (unpaired) electrons. The van der Waals surface area contributed by atoms with Crippen LogP contribution in [0.15, 0.2) is 18.2 Å². The van der Waals surface area contributed by atoms with Crippen LogP contribution in [0.3, 0.4) is 0 Å². The molecule has 14 heavy (non-hydrogen) atoms. The average Bonchev–Trinajstić information content (AvgIpc) is 2.12. The molecule has 0 bridgehead atoms. The van der Waals surface area contributed by atoms with Crippen molar-refractivity contribution in [3.05, 3.63) is 29.8 Å². The predicted molar refractivity (Wildman–Crippen MR) is 51.3 cm³/mol. The summed E-state index contributed by atoms with van der Waals surface area (Å²) in [6.45, 7) is 2.27. The van der Waals surface area contributed by atoms with Gasteiger partial charge in [-0.3, -0.25) is 0 Å². The molecule has 0 amide bonds. The quantitative estimate of drug-likeness (QED) is 0.807. The van der Waals surface area contributed by atoms with Gasteiger partial charge in [0, 0.05) is 13.2 Å². The third-order valence-electron chi connectivity index (χ3n) is 1.75. The van der Waals surface area contributed by atoms with Gasteiger partial charge in [-0.2, -0.15) is 0 Å². The maximum absolute atomic E-state index is 13.1. The highest BCUT2D eigenvalue weighted by Crippen LogP contribution is 2.16. The van der Waals surface area contributed by atoms with Crippen molar-refractivity contribution in [1.29, 1.82) is 0 Å². The van der Waals surface area contributed by atoms with E-state index in [0.29, 0.717) is 6.61 Å². The zero-order valence-electron chi connectivity index (χ0n) is 8.18. The van der Waals surface area contributed by atoms with Gasteiger partial charge in [0.15, 0.2) is 0 Å². The van der Waals surface area contributed by atoms with Gasteiger partial charge in [0.05, 0.1) is 12.3 Å². The zero-order valence-corrected chi connectivity index (χ0v) is 8.18. The van der Waals surface area contributed by atoms with Crippen molar-refractivity contribution >= 4 is 5.69 Å². The Morgan fingerprint density at radius 2 is 2.14 bits per heavy atom. The summed E-state index contributed by atoms with van der Waals surface area (Å²) in [5, 5.41) is 2.81. The topological polar surface area (TPSA) is 21.3 Å². The van der Waals surface area contributed by atoms with Gasteiger partial charge in [-0.1, -0.05) is 0 Å². The second kappa shape index (κ2) is 4.91. The molecule has 1 aromatic rings. The number of halogens is 2. The summed E-state index contributed by atoms with van der Waals surface area (Å²) in [6, 6.07) is 3.25. The molecule has 0 unspecified atom stereocenters. The number of hydrogen-bond donors (Lipinski definition) is 1. The molecule has 2 nitrogen and oxygen atoms in total. The number of methoxy groups -OCH3 is 1. The van der Waals surface area contributed by atoms with Gasteiger partial charge in [-0.15, -0.1) is 0 Å². The summed E-state index contributed by atoms with van der Waals surface area (Å²) in [4.78, 5) is 0. The molecule has 1 rings (SSSR count). The molecule has 78 valence electrons. The van der Waals surface area contributed by atoms with E-state index in [4.69, 9.17) is 4.74 Å². The Morgan fingerprint density at radius 3 is 2.79 bits per heavy atom. The van der Waals surface area contributed by atoms with Crippen LogP contribution in [0.2, 0.25) is 0 Å². The summed E-state index contributed by atoms with van der Waals surface area (Å²) in [5.41, 5.74) is 0.162. The SMILES string of the molecule is COC[C@@H](C)Nc1cc(F)ccc1F. The molecule has 1 N–H and O–H groups in total. The summed E-state index contributed by atoms with van der Waals surface area (Å²) in [6.07, 6.45) is 0. The fourth-order valence-corrected chi connectivity index (χ4v) is 1.17. The van der Waals surface area contributed by atoms with Crippen LogP contribution in [0, 0.1) is 11.6 Å². The Bertz CT molecular complexity index is 304. The third kappa shape index (κ3) is 2.96. The fourth-order valence-electron chi connectivity index (χ4n) is 1.17. The third-order valence-corrected chi connectivity index (χ3v) is 1.75. The second-order valence-electron chi connectivity index (χ2n) is 3.12. The van der Waals surface area contributed by atoms with Gasteiger partial charge < -0.3 is 10.1 Å². The highest BCUT2D eigenvalue weighted by molar-refractivity contribution is 5.45. The second-order valence-corrected chi connectivity index (χ2v) is 3.12. The van der Waals surface area contributed by atoms with Crippen LogP contribution in [0.5, 0.6) is 0 Å². The monoisotopic (exact) mass is 201 g/mol. The first-order chi connectivity index (χ1) is 6.63. The minimum Gasteiger partial charge on any atom is -0.383 e. The molecule has 0 aliphatic rings. The Hall–Kier alpha value is -1.16. The number of hydrogen-bond acceptors (Lipinski definition) is 2. The van der Waals surface area contributed by atoms with E-state index in [1.165, 1.54) is 0 Å². The molecule has 0 fully saturated rings. The minimum absolute atomic E-state index is 0.0590. The van der Waals surface area contributed by atoms with Gasteiger partial charge in [-0.05, 0) is 25.1 Å². The Labute approximate surface area is 81.9 Å². The molecule has 1 atom stereocenters. The van der Waals surface area contributed by atoms with Crippen molar-refractivity contribution in [2.24, 2.45) is 0 Å². The number of anilines is 1. The van der Waals surface area contributed by atoms with E-state index in [9.17, 15) is 8.78 Å². The van der Waals surface area contributed by atoms with Crippen LogP contribution >= 0.6 is 0 Å². The summed E-state index contributed by atoms with van der Waals surface area (Å²) < 4.78 is 30.7. The van der Waals surface area contributed by atoms with Crippen molar-refractivity contribution in [3.63, 3.8) is 0 Å². The van der Waals surface area contributed by atoms with E-state index in [1.807, 2.05) is 6.92 Å². The molecule has 4 heteroatoms. The van der Waals surface area contributed by atoms with E-state index >= 15 is 0 Å². The molecule has 1 aromatic carbocycles. The van der Waals surface area contributed by atoms with Gasteiger partial charge in [-0.25, -0.2) is 8.78 Å². The van der Waals surface area contributed by atoms with Gasteiger partial charge >= 0.3 is 0 Å². The first-order valence-electron chi connectivity index (χ1n) is 4.34. The van der Waals surface area contributed by atoms with Crippen molar-refractivity contribution < 1.29 is 13.5 Å². The highest BCUT2D eigenvalue weighted by Gasteiger charge is 2.06. The first-order valence-corrected chi connectivity index (χ1v) is 4.34. The van der Waals surface area contributed by atoms with Crippen molar-refractivity contribution in [3.8, 4) is 0 Å². The fraction of sp³-hybridized carbons (Fsp3) is 0.400. The van der Waals surface area contributed by atoms with E-state index in [0.717, 1.165) is 18.2 Å². The molecule has 0 spiro atoms. The van der Waals surface area contributed by atoms with Gasteiger partial charge in [0.25, 0.3) is 0 Å². The molecular formula is C10H13F2NO. The maximum Gasteiger partial charge on any atom is 0.146 e. The van der Waals surface area contributed by atoms with E-state index in [2.05, 4.69) is 5.32 Å². The Morgan fingerprint density at radius 1 is 1.43 bits per heavy atom. The van der Waals surface area contributed by atoms with E-state index in [1.54, 1.807) is 7.11 Å². The van der Waals surface area contributed by atoms with E-state index < -0.39 is 11.6 Å². The molecule has 0 saturated heterocycles. The lowest BCUT2D eigenvalue weighted by molar-refractivity contribution is 0.190. The lowest BCUT2D eigenvalue weighted by Crippen LogP contribution is -2.21. The van der Waals surface area contributed by atoms with Crippen LogP contribution in [0.1, 0.15) is 6.92 Å². The molecule has 0 aliphatic heterocycles. The largest absolute Gasteiger partial charge is 0.383 e. The summed E-state index contributed by atoms with van der Waals surface area (Å²) in [7, 11) is 1.56. The van der Waals surface area contributed by atoms with Crippen molar-refractivity contribution in [1.82, 2.24) is 0 Å². The van der Waals surface area contributed by atoms with Crippen LogP contribution in [-0.4, -0.2) is 19.8 Å². The summed E-state index contributed by atoms with van der Waals surface area (Å²) >= 11 is 0. The first kappa shape index (κ1) is 10.9. The van der Waals surface area contributed by atoms with Crippen molar-refractivity contribution in [2.75, 3.05) is 19.0 Å². The highest BCUT2D eigenvalue weighted by atomic mass is 19.1. The number of ether oxygens (including phenoxy) is 1. The van der Waals surface area contributed by atoms with Gasteiger partial charge in [0.2, 0.25) is 0 Å². The summed E-state index contributed by atoms with van der Waals surface area (Å²) in [5.74, 6) is -0.923. The van der Waals surface area contributed by atoms with Gasteiger partial charge in [0.1, 0.15) is 11.6 Å². The smallest absolute Gasteiger partial charge is 0.146 e. The van der Waals surface area contributed by atoms with Crippen LogP contribution in [0.4, 0.5) is 14.5 Å². The molecule has 0 heterocycles. The maximum atomic E-state index is 13.1. The Balaban J connectivity index is 2.70. The lowest BCUT2D eigenvalue weighted by atomic mass is 10.2. The Kier molecular flexibility index (Phi) is 3.83. The molecular weight excluding hydrogens is 188 g/mol. The van der Waals surface area contributed by atoms with E-state index in [-0.39, 0.29) is 11.7 Å². The normalized spacial score (nSPS) is 12.6. The molecule has 0 saturated carbocycles. The number of benzene rings is 1. The van der Waals surface area contributed by atoms with Crippen LogP contribution in [-0.2, 0) is 4.74 Å². The standard InChI is InChI=1S/C10H13F2NO/c1-7(6-14-2)13-10-5-8(11)3-4-9(10)12/h3-5,7,13H,6H2,1-2H3/t7-/m1/s1. The minimum atomic E-state index is -0.464. The number of rotatable bonds is 4. The average molecular weight is 201 g/mol. The van der Waals surface area contributed by atoms with Crippen molar-refractivity contribution in [2.45, 2.75) is 13.0 Å².